The van der Waals surface area contributed by atoms with Crippen LogP contribution in [-0.4, -0.2) is 91.8 Å². The fourth-order valence-electron chi connectivity index (χ4n) is 1.77. The lowest BCUT2D eigenvalue weighted by molar-refractivity contribution is -0.147. The average Bonchev–Trinajstić information content (AvgIpc) is 2.67. The molecule has 170 valence electrons. The van der Waals surface area contributed by atoms with Crippen molar-refractivity contribution in [3.63, 3.8) is 0 Å². The van der Waals surface area contributed by atoms with Crippen LogP contribution in [0.4, 0.5) is 14.4 Å². The number of carboxylic acid groups (broad SMARTS) is 2. The third-order valence-electron chi connectivity index (χ3n) is 3.09. The van der Waals surface area contributed by atoms with Gasteiger partial charge < -0.3 is 45.7 Å². The molecule has 4 amide bonds. The molecule has 0 bridgehead atoms. The molecule has 0 saturated carbocycles. The van der Waals surface area contributed by atoms with Gasteiger partial charge in [-0.2, -0.15) is 0 Å². The lowest BCUT2D eigenvalue weighted by atomic mass is 10.2. The van der Waals surface area contributed by atoms with Gasteiger partial charge in [0.05, 0.1) is 33.2 Å². The number of alkyl carbamates (subject to hydrolysis) is 3. The Kier molecular flexibility index (Phi) is 12.5. The van der Waals surface area contributed by atoms with E-state index < -0.39 is 61.2 Å². The van der Waals surface area contributed by atoms with Crippen molar-refractivity contribution in [1.29, 1.82) is 0 Å². The molecule has 6 N–H and O–H groups in total. The van der Waals surface area contributed by atoms with E-state index in [9.17, 15) is 28.8 Å². The highest BCUT2D eigenvalue weighted by molar-refractivity contribution is 5.88. The molecule has 0 aliphatic carbocycles. The SMILES string of the molecule is CCOC(=O)NCC(CNC(=O)OC)OC(=O)NCC(=O)NC(CC(=O)O)C(=O)O. The highest BCUT2D eigenvalue weighted by Crippen LogP contribution is 1.94. The minimum atomic E-state index is -1.68. The zero-order valence-electron chi connectivity index (χ0n) is 16.3. The van der Waals surface area contributed by atoms with Gasteiger partial charge in [-0.15, -0.1) is 0 Å². The number of carbonyl (C=O) groups is 6. The molecule has 0 rings (SSSR count). The van der Waals surface area contributed by atoms with Crippen LogP contribution in [0.3, 0.4) is 0 Å². The lowest BCUT2D eigenvalue weighted by Crippen LogP contribution is -2.48. The summed E-state index contributed by atoms with van der Waals surface area (Å²) in [5, 5.41) is 26.0. The fraction of sp³-hybridized carbons (Fsp3) is 0.600. The number of rotatable bonds is 12. The summed E-state index contributed by atoms with van der Waals surface area (Å²) < 4.78 is 14.0. The summed E-state index contributed by atoms with van der Waals surface area (Å²) in [6, 6.07) is -1.68. The van der Waals surface area contributed by atoms with Gasteiger partial charge in [0.1, 0.15) is 18.7 Å². The van der Waals surface area contributed by atoms with E-state index in [-0.39, 0.29) is 19.7 Å². The maximum Gasteiger partial charge on any atom is 0.407 e. The molecule has 0 aromatic heterocycles. The van der Waals surface area contributed by atoms with Gasteiger partial charge in [-0.05, 0) is 6.92 Å². The standard InChI is InChI=1S/C15H24N4O11/c1-3-29-14(26)17-6-8(5-16-13(25)28-2)30-15(27)18-7-10(20)19-9(12(23)24)4-11(21)22/h8-9H,3-7H2,1-2H3,(H,16,25)(H,17,26)(H,18,27)(H,19,20)(H,21,22)(H,23,24). The predicted molar refractivity (Wildman–Crippen MR) is 95.5 cm³/mol. The number of methoxy groups -OCH3 is 1. The highest BCUT2D eigenvalue weighted by Gasteiger charge is 2.23. The maximum absolute atomic E-state index is 11.8. The van der Waals surface area contributed by atoms with Gasteiger partial charge in [-0.3, -0.25) is 9.59 Å². The number of carbonyl (C=O) groups excluding carboxylic acids is 4. The zero-order valence-corrected chi connectivity index (χ0v) is 16.3. The van der Waals surface area contributed by atoms with E-state index in [4.69, 9.17) is 14.9 Å². The summed E-state index contributed by atoms with van der Waals surface area (Å²) in [5.74, 6) is -3.98. The molecular weight excluding hydrogens is 412 g/mol. The molecule has 2 atom stereocenters. The molecule has 15 heteroatoms. The second-order valence-corrected chi connectivity index (χ2v) is 5.41. The first-order valence-electron chi connectivity index (χ1n) is 8.49. The number of hydrogen-bond donors (Lipinski definition) is 6. The minimum Gasteiger partial charge on any atom is -0.481 e. The number of nitrogens with one attached hydrogen (secondary N) is 4. The Morgan fingerprint density at radius 3 is 2.00 bits per heavy atom. The van der Waals surface area contributed by atoms with Gasteiger partial charge in [0.25, 0.3) is 0 Å². The van der Waals surface area contributed by atoms with E-state index in [0.29, 0.717) is 0 Å². The second kappa shape index (κ2) is 14.3. The normalized spacial score (nSPS) is 11.8. The number of aliphatic carboxylic acids is 2. The van der Waals surface area contributed by atoms with Crippen molar-refractivity contribution < 1.29 is 53.2 Å². The Bertz CT molecular complexity index is 640. The first-order chi connectivity index (χ1) is 14.1. The molecule has 0 saturated heterocycles. The summed E-state index contributed by atoms with van der Waals surface area (Å²) in [6.45, 7) is 0.466. The quantitative estimate of drug-likeness (QED) is 0.188. The smallest absolute Gasteiger partial charge is 0.407 e. The molecule has 0 heterocycles. The van der Waals surface area contributed by atoms with Crippen molar-refractivity contribution in [2.45, 2.75) is 25.5 Å². The highest BCUT2D eigenvalue weighted by atomic mass is 16.6. The van der Waals surface area contributed by atoms with E-state index in [1.54, 1.807) is 6.92 Å². The van der Waals surface area contributed by atoms with Crippen LogP contribution < -0.4 is 21.3 Å². The Morgan fingerprint density at radius 1 is 0.900 bits per heavy atom. The predicted octanol–water partition coefficient (Wildman–Crippen LogP) is -1.77. The summed E-state index contributed by atoms with van der Waals surface area (Å²) in [6.07, 6.45) is -4.67. The molecule has 0 aromatic carbocycles. The summed E-state index contributed by atoms with van der Waals surface area (Å²) in [5.41, 5.74) is 0. The molecule has 0 spiro atoms. The van der Waals surface area contributed by atoms with Gasteiger partial charge in [0, 0.05) is 0 Å². The molecule has 30 heavy (non-hydrogen) atoms. The van der Waals surface area contributed by atoms with E-state index >= 15 is 0 Å². The van der Waals surface area contributed by atoms with Crippen molar-refractivity contribution in [1.82, 2.24) is 21.3 Å². The Balaban J connectivity index is 4.63. The van der Waals surface area contributed by atoms with Gasteiger partial charge in [-0.1, -0.05) is 0 Å². The third kappa shape index (κ3) is 12.6. The second-order valence-electron chi connectivity index (χ2n) is 5.41. The fourth-order valence-corrected chi connectivity index (χ4v) is 1.77. The van der Waals surface area contributed by atoms with Crippen molar-refractivity contribution >= 4 is 36.1 Å². The van der Waals surface area contributed by atoms with Gasteiger partial charge in [-0.25, -0.2) is 19.2 Å². The third-order valence-corrected chi connectivity index (χ3v) is 3.09. The van der Waals surface area contributed by atoms with Crippen LogP contribution in [0.2, 0.25) is 0 Å². The molecule has 15 nitrogen and oxygen atoms in total. The topological polar surface area (TPSA) is 219 Å². The van der Waals surface area contributed by atoms with Crippen LogP contribution in [0, 0.1) is 0 Å². The molecule has 0 aliphatic heterocycles. The summed E-state index contributed by atoms with van der Waals surface area (Å²) >= 11 is 0. The Morgan fingerprint density at radius 2 is 1.50 bits per heavy atom. The molecular formula is C15H24N4O11. The molecule has 0 radical (unpaired) electrons. The van der Waals surface area contributed by atoms with Crippen molar-refractivity contribution in [3.8, 4) is 0 Å². The van der Waals surface area contributed by atoms with E-state index in [1.807, 2.05) is 10.6 Å². The van der Waals surface area contributed by atoms with Crippen LogP contribution >= 0.6 is 0 Å². The minimum absolute atomic E-state index is 0.104. The van der Waals surface area contributed by atoms with Crippen molar-refractivity contribution in [2.75, 3.05) is 33.4 Å². The van der Waals surface area contributed by atoms with Gasteiger partial charge >= 0.3 is 30.2 Å². The van der Waals surface area contributed by atoms with E-state index in [0.717, 1.165) is 7.11 Å². The number of ether oxygens (including phenoxy) is 3. The van der Waals surface area contributed by atoms with E-state index in [1.165, 1.54) is 0 Å². The van der Waals surface area contributed by atoms with Gasteiger partial charge in [0.2, 0.25) is 5.91 Å². The molecule has 0 aliphatic rings. The van der Waals surface area contributed by atoms with Crippen LogP contribution in [0.5, 0.6) is 0 Å². The first-order valence-corrected chi connectivity index (χ1v) is 8.49. The summed E-state index contributed by atoms with van der Waals surface area (Å²) in [7, 11) is 1.11. The van der Waals surface area contributed by atoms with Crippen LogP contribution in [0.15, 0.2) is 0 Å². The van der Waals surface area contributed by atoms with Crippen LogP contribution in [0.25, 0.3) is 0 Å². The largest absolute Gasteiger partial charge is 0.481 e. The van der Waals surface area contributed by atoms with Crippen LogP contribution in [-0.2, 0) is 28.6 Å². The van der Waals surface area contributed by atoms with Crippen LogP contribution in [0.1, 0.15) is 13.3 Å². The van der Waals surface area contributed by atoms with Gasteiger partial charge in [0.15, 0.2) is 0 Å². The average molecular weight is 436 g/mol. The molecule has 2 unspecified atom stereocenters. The zero-order chi connectivity index (χ0) is 23.1. The number of carboxylic acids is 2. The lowest BCUT2D eigenvalue weighted by Gasteiger charge is -2.19. The maximum atomic E-state index is 11.8. The molecule has 0 aromatic rings. The van der Waals surface area contributed by atoms with Crippen molar-refractivity contribution in [3.05, 3.63) is 0 Å². The van der Waals surface area contributed by atoms with E-state index in [2.05, 4.69) is 20.1 Å². The first kappa shape index (κ1) is 26.2. The number of hydrogen-bond acceptors (Lipinski definition) is 9. The molecule has 0 fully saturated rings. The Hall–Kier alpha value is -3.78. The Labute approximate surface area is 170 Å². The number of amides is 4. The monoisotopic (exact) mass is 436 g/mol. The summed E-state index contributed by atoms with van der Waals surface area (Å²) in [4.78, 5) is 67.5. The van der Waals surface area contributed by atoms with Crippen molar-refractivity contribution in [2.24, 2.45) is 0 Å².